The molecule has 0 saturated carbocycles. The molecule has 0 aromatic heterocycles. The number of ether oxygens (including phenoxy) is 4. The van der Waals surface area contributed by atoms with Crippen molar-refractivity contribution >= 4 is 5.91 Å². The molecule has 2 rings (SSSR count). The number of hydrogen-bond acceptors (Lipinski definition) is 6. The van der Waals surface area contributed by atoms with Crippen LogP contribution in [0.25, 0.3) is 0 Å². The summed E-state index contributed by atoms with van der Waals surface area (Å²) in [6.07, 6.45) is 0.794. The van der Waals surface area contributed by atoms with Crippen molar-refractivity contribution in [3.05, 3.63) is 41.5 Å². The Morgan fingerprint density at radius 2 is 1.52 bits per heavy atom. The van der Waals surface area contributed by atoms with E-state index in [4.69, 9.17) is 24.7 Å². The van der Waals surface area contributed by atoms with Gasteiger partial charge in [0, 0.05) is 19.2 Å². The maximum atomic E-state index is 13.1. The number of nitrogens with two attached hydrogens (primary N) is 1. The van der Waals surface area contributed by atoms with Gasteiger partial charge in [-0.15, -0.1) is 0 Å². The molecule has 2 N–H and O–H groups in total. The molecular formula is C22H30N2O5. The van der Waals surface area contributed by atoms with Gasteiger partial charge in [-0.3, -0.25) is 4.79 Å². The van der Waals surface area contributed by atoms with Crippen LogP contribution >= 0.6 is 0 Å². The summed E-state index contributed by atoms with van der Waals surface area (Å²) in [5, 5.41) is 0. The average Bonchev–Trinajstić information content (AvgIpc) is 2.75. The zero-order chi connectivity index (χ0) is 21.4. The molecule has 0 saturated heterocycles. The molecule has 0 radical (unpaired) electrons. The van der Waals surface area contributed by atoms with E-state index in [1.165, 1.54) is 21.3 Å². The second-order valence-electron chi connectivity index (χ2n) is 6.28. The van der Waals surface area contributed by atoms with Gasteiger partial charge in [0.05, 0.1) is 26.9 Å². The van der Waals surface area contributed by atoms with E-state index in [1.54, 1.807) is 11.0 Å². The van der Waals surface area contributed by atoms with Crippen LogP contribution in [0.15, 0.2) is 30.3 Å². The summed E-state index contributed by atoms with van der Waals surface area (Å²) < 4.78 is 22.6. The third kappa shape index (κ3) is 4.92. The molecule has 0 unspecified atom stereocenters. The molecule has 0 spiro atoms. The van der Waals surface area contributed by atoms with E-state index in [0.717, 1.165) is 12.0 Å². The fourth-order valence-corrected chi connectivity index (χ4v) is 3.11. The minimum atomic E-state index is -0.170. The van der Waals surface area contributed by atoms with E-state index in [9.17, 15) is 4.79 Å². The highest BCUT2D eigenvalue weighted by atomic mass is 16.5. The summed E-state index contributed by atoms with van der Waals surface area (Å²) in [7, 11) is 4.50. The molecule has 158 valence electrons. The SMILES string of the molecule is CCN(CC)C(=O)c1cc(Oc2ccc(CCN)cc2)c(OC)c(OC)c1OC. The first-order valence-corrected chi connectivity index (χ1v) is 9.63. The zero-order valence-corrected chi connectivity index (χ0v) is 17.8. The summed E-state index contributed by atoms with van der Waals surface area (Å²) in [5.41, 5.74) is 7.07. The Morgan fingerprint density at radius 1 is 0.931 bits per heavy atom. The molecular weight excluding hydrogens is 372 g/mol. The maximum Gasteiger partial charge on any atom is 0.257 e. The fraction of sp³-hybridized carbons (Fsp3) is 0.409. The van der Waals surface area contributed by atoms with Crippen LogP contribution in [-0.2, 0) is 6.42 Å². The van der Waals surface area contributed by atoms with Crippen LogP contribution < -0.4 is 24.7 Å². The number of nitrogens with zero attached hydrogens (tertiary/aromatic N) is 1. The molecule has 0 aliphatic heterocycles. The van der Waals surface area contributed by atoms with Crippen molar-refractivity contribution in [2.75, 3.05) is 41.0 Å². The van der Waals surface area contributed by atoms with Gasteiger partial charge in [0.2, 0.25) is 11.5 Å². The van der Waals surface area contributed by atoms with E-state index in [0.29, 0.717) is 53.9 Å². The summed E-state index contributed by atoms with van der Waals surface area (Å²) in [6.45, 7) is 5.58. The number of methoxy groups -OCH3 is 3. The zero-order valence-electron chi connectivity index (χ0n) is 17.8. The van der Waals surface area contributed by atoms with Gasteiger partial charge in [-0.2, -0.15) is 0 Å². The normalized spacial score (nSPS) is 10.4. The number of hydrogen-bond donors (Lipinski definition) is 1. The lowest BCUT2D eigenvalue weighted by Crippen LogP contribution is -2.30. The van der Waals surface area contributed by atoms with E-state index in [2.05, 4.69) is 0 Å². The molecule has 0 aliphatic rings. The van der Waals surface area contributed by atoms with Crippen molar-refractivity contribution in [2.24, 2.45) is 5.73 Å². The molecule has 0 atom stereocenters. The summed E-state index contributed by atoms with van der Waals surface area (Å²) >= 11 is 0. The van der Waals surface area contributed by atoms with Crippen LogP contribution in [0.4, 0.5) is 0 Å². The average molecular weight is 402 g/mol. The van der Waals surface area contributed by atoms with Crippen LogP contribution in [0.3, 0.4) is 0 Å². The Morgan fingerprint density at radius 3 is 2.00 bits per heavy atom. The van der Waals surface area contributed by atoms with Gasteiger partial charge >= 0.3 is 0 Å². The summed E-state index contributed by atoms with van der Waals surface area (Å²) in [5.74, 6) is 1.78. The van der Waals surface area contributed by atoms with Crippen molar-refractivity contribution in [1.29, 1.82) is 0 Å². The van der Waals surface area contributed by atoms with Crippen LogP contribution in [0.5, 0.6) is 28.7 Å². The lowest BCUT2D eigenvalue weighted by molar-refractivity contribution is 0.0768. The van der Waals surface area contributed by atoms with Crippen molar-refractivity contribution in [3.8, 4) is 28.7 Å². The molecule has 0 bridgehead atoms. The molecule has 29 heavy (non-hydrogen) atoms. The van der Waals surface area contributed by atoms with Crippen LogP contribution in [0.1, 0.15) is 29.8 Å². The Balaban J connectivity index is 2.55. The summed E-state index contributed by atoms with van der Waals surface area (Å²) in [4.78, 5) is 14.8. The van der Waals surface area contributed by atoms with Gasteiger partial charge in [0.1, 0.15) is 5.75 Å². The fourth-order valence-electron chi connectivity index (χ4n) is 3.11. The molecule has 2 aromatic carbocycles. The van der Waals surface area contributed by atoms with E-state index in [-0.39, 0.29) is 5.91 Å². The van der Waals surface area contributed by atoms with E-state index < -0.39 is 0 Å². The van der Waals surface area contributed by atoms with Crippen molar-refractivity contribution < 1.29 is 23.7 Å². The van der Waals surface area contributed by atoms with Gasteiger partial charge in [-0.25, -0.2) is 0 Å². The van der Waals surface area contributed by atoms with Crippen molar-refractivity contribution in [2.45, 2.75) is 20.3 Å². The molecule has 7 nitrogen and oxygen atoms in total. The van der Waals surface area contributed by atoms with Gasteiger partial charge in [0.15, 0.2) is 11.5 Å². The second-order valence-corrected chi connectivity index (χ2v) is 6.28. The predicted octanol–water partition coefficient (Wildman–Crippen LogP) is 3.49. The van der Waals surface area contributed by atoms with Crippen molar-refractivity contribution in [3.63, 3.8) is 0 Å². The molecule has 0 fully saturated rings. The topological polar surface area (TPSA) is 83.3 Å². The lowest BCUT2D eigenvalue weighted by atomic mass is 10.1. The smallest absolute Gasteiger partial charge is 0.257 e. The van der Waals surface area contributed by atoms with Crippen molar-refractivity contribution in [1.82, 2.24) is 4.90 Å². The molecule has 0 heterocycles. The molecule has 2 aromatic rings. The van der Waals surface area contributed by atoms with Gasteiger partial charge < -0.3 is 29.6 Å². The minimum absolute atomic E-state index is 0.170. The minimum Gasteiger partial charge on any atom is -0.492 e. The number of benzene rings is 2. The van der Waals surface area contributed by atoms with Gasteiger partial charge in [-0.1, -0.05) is 12.1 Å². The van der Waals surface area contributed by atoms with Crippen LogP contribution in [0.2, 0.25) is 0 Å². The van der Waals surface area contributed by atoms with E-state index >= 15 is 0 Å². The monoisotopic (exact) mass is 402 g/mol. The highest BCUT2D eigenvalue weighted by Gasteiger charge is 2.27. The molecule has 1 amide bonds. The lowest BCUT2D eigenvalue weighted by Gasteiger charge is -2.23. The standard InChI is InChI=1S/C22H30N2O5/c1-6-24(7-2)22(25)17-14-18(20(27-4)21(28-5)19(17)26-3)29-16-10-8-15(9-11-16)12-13-23/h8-11,14H,6-7,12-13,23H2,1-5H3. The Bertz CT molecular complexity index is 817. The first kappa shape index (κ1) is 22.4. The van der Waals surface area contributed by atoms with Crippen LogP contribution in [0, 0.1) is 0 Å². The largest absolute Gasteiger partial charge is 0.492 e. The number of carbonyl (C=O) groups excluding carboxylic acids is 1. The van der Waals surface area contributed by atoms with E-state index in [1.807, 2.05) is 38.1 Å². The van der Waals surface area contributed by atoms with Gasteiger partial charge in [-0.05, 0) is 44.5 Å². The number of carbonyl (C=O) groups is 1. The highest BCUT2D eigenvalue weighted by molar-refractivity contribution is 5.99. The Hall–Kier alpha value is -2.93. The Kier molecular flexibility index (Phi) is 8.15. The number of rotatable bonds is 10. The first-order valence-electron chi connectivity index (χ1n) is 9.63. The highest BCUT2D eigenvalue weighted by Crippen LogP contribution is 2.48. The third-order valence-electron chi connectivity index (χ3n) is 4.63. The Labute approximate surface area is 172 Å². The first-order chi connectivity index (χ1) is 14.0. The van der Waals surface area contributed by atoms with Gasteiger partial charge in [0.25, 0.3) is 5.91 Å². The molecule has 7 heteroatoms. The summed E-state index contributed by atoms with van der Waals surface area (Å²) in [6, 6.07) is 9.25. The predicted molar refractivity (Wildman–Crippen MR) is 113 cm³/mol. The third-order valence-corrected chi connectivity index (χ3v) is 4.63. The molecule has 0 aliphatic carbocycles. The number of amides is 1. The quantitative estimate of drug-likeness (QED) is 0.655. The maximum absolute atomic E-state index is 13.1. The second kappa shape index (κ2) is 10.6. The van der Waals surface area contributed by atoms with Crippen LogP contribution in [-0.4, -0.2) is 51.8 Å².